The standard InChI is InChI=1S/C13H10ClF2IN2/c14-8-2-4-12(17)9(6-8)13(19-18)7-1-3-10(15)11(16)5-7/h1-6,13,19H,18H2. The molecule has 0 aromatic heterocycles. The third kappa shape index (κ3) is 3.22. The molecular weight excluding hydrogens is 385 g/mol. The molecule has 2 aromatic rings. The van der Waals surface area contributed by atoms with Gasteiger partial charge in [0.2, 0.25) is 0 Å². The summed E-state index contributed by atoms with van der Waals surface area (Å²) in [6.07, 6.45) is 0. The summed E-state index contributed by atoms with van der Waals surface area (Å²) >= 11 is 8.09. The number of rotatable bonds is 3. The van der Waals surface area contributed by atoms with E-state index in [0.29, 0.717) is 10.6 Å². The van der Waals surface area contributed by atoms with Crippen LogP contribution in [-0.2, 0) is 0 Å². The van der Waals surface area contributed by atoms with E-state index < -0.39 is 17.7 Å². The number of halogens is 4. The maximum atomic E-state index is 13.3. The lowest BCUT2D eigenvalue weighted by molar-refractivity contribution is 0.504. The number of hydrazine groups is 1. The first-order valence-corrected chi connectivity index (χ1v) is 6.84. The van der Waals surface area contributed by atoms with Crippen LogP contribution in [0.3, 0.4) is 0 Å². The Kier molecular flexibility index (Phi) is 4.72. The van der Waals surface area contributed by atoms with Crippen LogP contribution in [0.15, 0.2) is 36.4 Å². The molecule has 0 aliphatic heterocycles. The van der Waals surface area contributed by atoms with E-state index >= 15 is 0 Å². The van der Waals surface area contributed by atoms with Gasteiger partial charge < -0.3 is 0 Å². The van der Waals surface area contributed by atoms with Crippen molar-refractivity contribution in [3.63, 3.8) is 0 Å². The van der Waals surface area contributed by atoms with Crippen LogP contribution >= 0.6 is 34.2 Å². The Labute approximate surface area is 128 Å². The molecule has 0 aliphatic rings. The minimum atomic E-state index is -0.908. The monoisotopic (exact) mass is 394 g/mol. The summed E-state index contributed by atoms with van der Waals surface area (Å²) in [4.78, 5) is 0. The van der Waals surface area contributed by atoms with E-state index in [-0.39, 0.29) is 0 Å². The number of hydrogen-bond acceptors (Lipinski definition) is 2. The molecular formula is C13H10ClF2IN2. The molecule has 0 saturated heterocycles. The van der Waals surface area contributed by atoms with Crippen LogP contribution in [0, 0.1) is 15.2 Å². The fourth-order valence-electron chi connectivity index (χ4n) is 1.79. The molecule has 3 N–H and O–H groups in total. The van der Waals surface area contributed by atoms with E-state index in [1.807, 2.05) is 6.07 Å². The summed E-state index contributed by atoms with van der Waals surface area (Å²) in [6, 6.07) is 8.56. The topological polar surface area (TPSA) is 38.0 Å². The van der Waals surface area contributed by atoms with Gasteiger partial charge in [-0.1, -0.05) is 17.7 Å². The first kappa shape index (κ1) is 14.6. The molecule has 0 radical (unpaired) electrons. The van der Waals surface area contributed by atoms with Crippen molar-refractivity contribution in [3.05, 3.63) is 67.8 Å². The van der Waals surface area contributed by atoms with E-state index in [1.165, 1.54) is 6.07 Å². The van der Waals surface area contributed by atoms with E-state index in [4.69, 9.17) is 17.4 Å². The molecule has 0 aliphatic carbocycles. The molecule has 0 fully saturated rings. The van der Waals surface area contributed by atoms with Crippen LogP contribution in [0.2, 0.25) is 5.02 Å². The third-order valence-electron chi connectivity index (χ3n) is 2.71. The molecule has 19 heavy (non-hydrogen) atoms. The molecule has 0 saturated carbocycles. The second-order valence-corrected chi connectivity index (χ2v) is 5.54. The molecule has 6 heteroatoms. The molecule has 1 unspecified atom stereocenters. The van der Waals surface area contributed by atoms with Crippen molar-refractivity contribution in [1.82, 2.24) is 5.43 Å². The first-order valence-electron chi connectivity index (χ1n) is 5.39. The smallest absolute Gasteiger partial charge is 0.159 e. The summed E-state index contributed by atoms with van der Waals surface area (Å²) in [5.74, 6) is 3.74. The average molecular weight is 395 g/mol. The highest BCUT2D eigenvalue weighted by Gasteiger charge is 2.17. The summed E-state index contributed by atoms with van der Waals surface area (Å²) in [5.41, 5.74) is 3.93. The van der Waals surface area contributed by atoms with Crippen molar-refractivity contribution in [2.45, 2.75) is 6.04 Å². The van der Waals surface area contributed by atoms with Gasteiger partial charge in [0, 0.05) is 8.59 Å². The number of nitrogens with two attached hydrogens (primary N) is 1. The lowest BCUT2D eigenvalue weighted by atomic mass is 9.99. The third-order valence-corrected chi connectivity index (χ3v) is 3.93. The van der Waals surface area contributed by atoms with Gasteiger partial charge in [0.25, 0.3) is 0 Å². The largest absolute Gasteiger partial charge is 0.271 e. The van der Waals surface area contributed by atoms with Crippen LogP contribution in [0.1, 0.15) is 17.2 Å². The Balaban J connectivity index is 2.49. The molecule has 0 bridgehead atoms. The van der Waals surface area contributed by atoms with Crippen molar-refractivity contribution in [2.75, 3.05) is 0 Å². The number of hydrogen-bond donors (Lipinski definition) is 2. The molecule has 0 spiro atoms. The van der Waals surface area contributed by atoms with E-state index in [2.05, 4.69) is 28.0 Å². The molecule has 2 rings (SSSR count). The van der Waals surface area contributed by atoms with Crippen LogP contribution in [0.4, 0.5) is 8.78 Å². The zero-order valence-corrected chi connectivity index (χ0v) is 12.5. The first-order chi connectivity index (χ1) is 9.02. The van der Waals surface area contributed by atoms with Crippen molar-refractivity contribution in [3.8, 4) is 0 Å². The summed E-state index contributed by atoms with van der Waals surface area (Å²) in [7, 11) is 0. The Morgan fingerprint density at radius 2 is 1.84 bits per heavy atom. The van der Waals surface area contributed by atoms with Gasteiger partial charge in [-0.05, 0) is 64.0 Å². The summed E-state index contributed by atoms with van der Waals surface area (Å²) < 4.78 is 27.2. The second-order valence-electron chi connectivity index (χ2n) is 3.94. The van der Waals surface area contributed by atoms with Crippen LogP contribution < -0.4 is 11.3 Å². The Morgan fingerprint density at radius 1 is 1.11 bits per heavy atom. The minimum Gasteiger partial charge on any atom is -0.271 e. The molecule has 1 atom stereocenters. The predicted octanol–water partition coefficient (Wildman–Crippen LogP) is 3.78. The molecule has 2 nitrogen and oxygen atoms in total. The number of nitrogens with one attached hydrogen (secondary N) is 1. The maximum absolute atomic E-state index is 13.3. The second kappa shape index (κ2) is 6.13. The van der Waals surface area contributed by atoms with E-state index in [0.717, 1.165) is 21.3 Å². The quantitative estimate of drug-likeness (QED) is 0.472. The molecule has 100 valence electrons. The van der Waals surface area contributed by atoms with Crippen LogP contribution in [0.25, 0.3) is 0 Å². The zero-order chi connectivity index (χ0) is 14.0. The maximum Gasteiger partial charge on any atom is 0.159 e. The van der Waals surface area contributed by atoms with Gasteiger partial charge >= 0.3 is 0 Å². The highest BCUT2D eigenvalue weighted by Crippen LogP contribution is 2.28. The normalized spacial score (nSPS) is 12.5. The Hall–Kier alpha value is -0.760. The van der Waals surface area contributed by atoms with Crippen LogP contribution in [0.5, 0.6) is 0 Å². The molecule has 0 amide bonds. The highest BCUT2D eigenvalue weighted by molar-refractivity contribution is 14.1. The predicted molar refractivity (Wildman–Crippen MR) is 79.7 cm³/mol. The van der Waals surface area contributed by atoms with Gasteiger partial charge in [0.1, 0.15) is 0 Å². The highest BCUT2D eigenvalue weighted by atomic mass is 127. The van der Waals surface area contributed by atoms with Gasteiger partial charge in [0.05, 0.1) is 6.04 Å². The van der Waals surface area contributed by atoms with Gasteiger partial charge in [-0.2, -0.15) is 0 Å². The lowest BCUT2D eigenvalue weighted by Crippen LogP contribution is -2.29. The van der Waals surface area contributed by atoms with Crippen molar-refractivity contribution < 1.29 is 8.78 Å². The molecule has 2 aromatic carbocycles. The Bertz CT molecular complexity index is 607. The van der Waals surface area contributed by atoms with Crippen LogP contribution in [-0.4, -0.2) is 0 Å². The SMILES string of the molecule is NNC(c1ccc(F)c(F)c1)c1cc(Cl)ccc1I. The average Bonchev–Trinajstić information content (AvgIpc) is 2.38. The van der Waals surface area contributed by atoms with Crippen molar-refractivity contribution in [1.29, 1.82) is 0 Å². The van der Waals surface area contributed by atoms with Gasteiger partial charge in [-0.25, -0.2) is 14.2 Å². The van der Waals surface area contributed by atoms with Gasteiger partial charge in [0.15, 0.2) is 11.6 Å². The summed E-state index contributed by atoms with van der Waals surface area (Å²) in [5, 5.41) is 0.554. The lowest BCUT2D eigenvalue weighted by Gasteiger charge is -2.19. The van der Waals surface area contributed by atoms with Gasteiger partial charge in [-0.3, -0.25) is 5.84 Å². The Morgan fingerprint density at radius 3 is 2.47 bits per heavy atom. The summed E-state index contributed by atoms with van der Waals surface area (Å²) in [6.45, 7) is 0. The van der Waals surface area contributed by atoms with Gasteiger partial charge in [-0.15, -0.1) is 0 Å². The van der Waals surface area contributed by atoms with E-state index in [1.54, 1.807) is 12.1 Å². The number of benzene rings is 2. The zero-order valence-electron chi connectivity index (χ0n) is 9.63. The van der Waals surface area contributed by atoms with E-state index in [9.17, 15) is 8.78 Å². The fourth-order valence-corrected chi connectivity index (χ4v) is 2.62. The fraction of sp³-hybridized carbons (Fsp3) is 0.0769. The minimum absolute atomic E-state index is 0.458. The molecule has 0 heterocycles. The van der Waals surface area contributed by atoms with Crippen molar-refractivity contribution in [2.24, 2.45) is 5.84 Å². The van der Waals surface area contributed by atoms with Crippen molar-refractivity contribution >= 4 is 34.2 Å².